The highest BCUT2D eigenvalue weighted by molar-refractivity contribution is 5.99. The van der Waals surface area contributed by atoms with Gasteiger partial charge in [0.1, 0.15) is 0 Å². The lowest BCUT2D eigenvalue weighted by Crippen LogP contribution is -2.32. The molecule has 1 aromatic carbocycles. The number of hydrogen-bond acceptors (Lipinski definition) is 4. The van der Waals surface area contributed by atoms with Gasteiger partial charge in [-0.25, -0.2) is 0 Å². The molecule has 20 heavy (non-hydrogen) atoms. The van der Waals surface area contributed by atoms with Gasteiger partial charge in [-0.3, -0.25) is 15.4 Å². The second-order valence-corrected chi connectivity index (χ2v) is 5.04. The molecule has 0 spiro atoms. The Hall–Kier alpha value is -2.08. The number of hydrogen-bond donors (Lipinski definition) is 4. The zero-order valence-corrected chi connectivity index (χ0v) is 11.5. The Bertz CT molecular complexity index is 512. The van der Waals surface area contributed by atoms with Gasteiger partial charge < -0.3 is 16.1 Å². The van der Waals surface area contributed by atoms with Crippen LogP contribution in [0.4, 0.5) is 5.69 Å². The quantitative estimate of drug-likeness (QED) is 0.454. The normalized spacial score (nSPS) is 13.7. The highest BCUT2D eigenvalue weighted by atomic mass is 16.2. The van der Waals surface area contributed by atoms with E-state index in [9.17, 15) is 9.59 Å². The molecule has 2 rings (SSSR count). The number of carbonyl (C=O) groups is 2. The van der Waals surface area contributed by atoms with Gasteiger partial charge in [0, 0.05) is 19.0 Å². The molecule has 6 heteroatoms. The van der Waals surface area contributed by atoms with E-state index in [4.69, 9.17) is 5.84 Å². The third-order valence-electron chi connectivity index (χ3n) is 3.16. The number of aryl methyl sites for hydroxylation is 1. The first-order chi connectivity index (χ1) is 9.60. The monoisotopic (exact) mass is 276 g/mol. The van der Waals surface area contributed by atoms with Gasteiger partial charge in [0.05, 0.1) is 11.3 Å². The molecule has 6 nitrogen and oxygen atoms in total. The summed E-state index contributed by atoms with van der Waals surface area (Å²) in [6, 6.07) is 5.73. The smallest absolute Gasteiger partial charge is 0.253 e. The number of amides is 2. The Balaban J connectivity index is 1.84. The average molecular weight is 276 g/mol. The van der Waals surface area contributed by atoms with Crippen LogP contribution < -0.4 is 21.9 Å². The van der Waals surface area contributed by atoms with E-state index in [1.807, 2.05) is 13.0 Å². The molecule has 1 aromatic rings. The van der Waals surface area contributed by atoms with Crippen LogP contribution in [0.1, 0.15) is 35.2 Å². The number of benzene rings is 1. The number of anilines is 1. The van der Waals surface area contributed by atoms with Gasteiger partial charge in [0.15, 0.2) is 0 Å². The molecule has 0 radical (unpaired) electrons. The van der Waals surface area contributed by atoms with Crippen molar-refractivity contribution in [2.24, 2.45) is 5.84 Å². The van der Waals surface area contributed by atoms with Crippen LogP contribution in [0, 0.1) is 6.92 Å². The molecule has 0 atom stereocenters. The van der Waals surface area contributed by atoms with Crippen molar-refractivity contribution in [3.05, 3.63) is 29.3 Å². The van der Waals surface area contributed by atoms with Gasteiger partial charge in [0.2, 0.25) is 5.91 Å². The molecule has 0 unspecified atom stereocenters. The summed E-state index contributed by atoms with van der Waals surface area (Å²) in [6.45, 7) is 2.22. The number of nitrogens with one attached hydrogen (secondary N) is 3. The first kappa shape index (κ1) is 14.3. The summed E-state index contributed by atoms with van der Waals surface area (Å²) < 4.78 is 0. The number of nitrogens with two attached hydrogens (primary N) is 1. The van der Waals surface area contributed by atoms with Crippen molar-refractivity contribution in [2.45, 2.75) is 32.2 Å². The molecule has 5 N–H and O–H groups in total. The average Bonchev–Trinajstić information content (AvgIpc) is 3.22. The first-order valence-electron chi connectivity index (χ1n) is 6.75. The van der Waals surface area contributed by atoms with Crippen molar-refractivity contribution in [2.75, 3.05) is 12.0 Å². The second-order valence-electron chi connectivity index (χ2n) is 5.04. The van der Waals surface area contributed by atoms with E-state index >= 15 is 0 Å². The Morgan fingerprint density at radius 1 is 1.35 bits per heavy atom. The van der Waals surface area contributed by atoms with Crippen molar-refractivity contribution in [3.63, 3.8) is 0 Å². The number of hydrazine groups is 1. The van der Waals surface area contributed by atoms with Crippen LogP contribution in [0.5, 0.6) is 0 Å². The molecule has 1 aliphatic carbocycles. The summed E-state index contributed by atoms with van der Waals surface area (Å²) in [5, 5.41) is 5.61. The van der Waals surface area contributed by atoms with Gasteiger partial charge in [-0.2, -0.15) is 0 Å². The lowest BCUT2D eigenvalue weighted by molar-refractivity contribution is -0.121. The van der Waals surface area contributed by atoms with Crippen LogP contribution in [0.3, 0.4) is 0 Å². The minimum absolute atomic E-state index is 0.0192. The van der Waals surface area contributed by atoms with Crippen LogP contribution in [0.25, 0.3) is 0 Å². The summed E-state index contributed by atoms with van der Waals surface area (Å²) in [6.07, 6.45) is 2.42. The standard InChI is InChI=1S/C14H20N4O2/c1-9-2-5-12(18-15)11(8-9)14(20)16-7-6-13(19)17-10-3-4-10/h2,5,8,10,18H,3-4,6-7,15H2,1H3,(H,16,20)(H,17,19). The van der Waals surface area contributed by atoms with E-state index in [2.05, 4.69) is 16.1 Å². The SMILES string of the molecule is Cc1ccc(NN)c(C(=O)NCCC(=O)NC2CC2)c1. The summed E-state index contributed by atoms with van der Waals surface area (Å²) in [7, 11) is 0. The van der Waals surface area contributed by atoms with E-state index < -0.39 is 0 Å². The summed E-state index contributed by atoms with van der Waals surface area (Å²) in [5.74, 6) is 5.13. The lowest BCUT2D eigenvalue weighted by Gasteiger charge is -2.10. The molecule has 0 heterocycles. The Kier molecular flexibility index (Phi) is 4.57. The molecular formula is C14H20N4O2. The van der Waals surface area contributed by atoms with E-state index in [1.54, 1.807) is 12.1 Å². The lowest BCUT2D eigenvalue weighted by atomic mass is 10.1. The maximum Gasteiger partial charge on any atom is 0.253 e. The van der Waals surface area contributed by atoms with E-state index in [0.717, 1.165) is 18.4 Å². The molecule has 0 saturated heterocycles. The predicted octanol–water partition coefficient (Wildman–Crippen LogP) is 0.679. The summed E-state index contributed by atoms with van der Waals surface area (Å²) in [5.41, 5.74) is 4.52. The van der Waals surface area contributed by atoms with Gasteiger partial charge in [-0.15, -0.1) is 0 Å². The zero-order valence-electron chi connectivity index (χ0n) is 11.5. The molecule has 0 aliphatic heterocycles. The van der Waals surface area contributed by atoms with Crippen LogP contribution in [0.2, 0.25) is 0 Å². The molecule has 1 fully saturated rings. The maximum absolute atomic E-state index is 12.1. The van der Waals surface area contributed by atoms with Crippen molar-refractivity contribution in [1.82, 2.24) is 10.6 Å². The summed E-state index contributed by atoms with van der Waals surface area (Å²) in [4.78, 5) is 23.5. The third-order valence-corrected chi connectivity index (χ3v) is 3.16. The van der Waals surface area contributed by atoms with Crippen LogP contribution in [-0.4, -0.2) is 24.4 Å². The summed E-state index contributed by atoms with van der Waals surface area (Å²) >= 11 is 0. The van der Waals surface area contributed by atoms with Crippen molar-refractivity contribution in [1.29, 1.82) is 0 Å². The molecule has 1 aliphatic rings. The minimum Gasteiger partial charge on any atom is -0.353 e. The fourth-order valence-electron chi connectivity index (χ4n) is 1.88. The third kappa shape index (κ3) is 3.96. The van der Waals surface area contributed by atoms with Gasteiger partial charge in [0.25, 0.3) is 5.91 Å². The topological polar surface area (TPSA) is 96.2 Å². The molecule has 0 aromatic heterocycles. The van der Waals surface area contributed by atoms with Crippen LogP contribution in [0.15, 0.2) is 18.2 Å². The fraction of sp³-hybridized carbons (Fsp3) is 0.429. The largest absolute Gasteiger partial charge is 0.353 e. The van der Waals surface area contributed by atoms with Gasteiger partial charge >= 0.3 is 0 Å². The zero-order chi connectivity index (χ0) is 14.5. The Labute approximate surface area is 118 Å². The predicted molar refractivity (Wildman–Crippen MR) is 77.1 cm³/mol. The van der Waals surface area contributed by atoms with Gasteiger partial charge in [-0.1, -0.05) is 11.6 Å². The van der Waals surface area contributed by atoms with E-state index in [0.29, 0.717) is 30.3 Å². The molecule has 2 amide bonds. The molecular weight excluding hydrogens is 256 g/mol. The van der Waals surface area contributed by atoms with Crippen molar-refractivity contribution in [3.8, 4) is 0 Å². The van der Waals surface area contributed by atoms with Gasteiger partial charge in [-0.05, 0) is 31.9 Å². The fourth-order valence-corrected chi connectivity index (χ4v) is 1.88. The highest BCUT2D eigenvalue weighted by Crippen LogP contribution is 2.18. The van der Waals surface area contributed by atoms with E-state index in [1.165, 1.54) is 0 Å². The van der Waals surface area contributed by atoms with E-state index in [-0.39, 0.29) is 11.8 Å². The van der Waals surface area contributed by atoms with Crippen molar-refractivity contribution < 1.29 is 9.59 Å². The molecule has 0 bridgehead atoms. The maximum atomic E-state index is 12.1. The minimum atomic E-state index is -0.235. The van der Waals surface area contributed by atoms with Crippen LogP contribution >= 0.6 is 0 Å². The Morgan fingerprint density at radius 2 is 2.10 bits per heavy atom. The molecule has 108 valence electrons. The highest BCUT2D eigenvalue weighted by Gasteiger charge is 2.22. The van der Waals surface area contributed by atoms with Crippen LogP contribution in [-0.2, 0) is 4.79 Å². The Morgan fingerprint density at radius 3 is 2.75 bits per heavy atom. The number of rotatable bonds is 6. The van der Waals surface area contributed by atoms with Crippen molar-refractivity contribution >= 4 is 17.5 Å². The first-order valence-corrected chi connectivity index (χ1v) is 6.75. The number of nitrogen functional groups attached to an aromatic ring is 1. The molecule has 1 saturated carbocycles. The number of carbonyl (C=O) groups excluding carboxylic acids is 2. The second kappa shape index (κ2) is 6.38.